The van der Waals surface area contributed by atoms with E-state index in [0.29, 0.717) is 18.0 Å². The fourth-order valence-corrected chi connectivity index (χ4v) is 4.68. The number of benzene rings is 2. The molecule has 8 heteroatoms. The van der Waals surface area contributed by atoms with E-state index in [4.69, 9.17) is 9.88 Å². The lowest BCUT2D eigenvalue weighted by Gasteiger charge is -2.24. The smallest absolute Gasteiger partial charge is 0.238 e. The first-order chi connectivity index (χ1) is 13.3. The van der Waals surface area contributed by atoms with E-state index in [9.17, 15) is 13.5 Å². The van der Waals surface area contributed by atoms with Crippen LogP contribution in [0.2, 0.25) is 0 Å². The van der Waals surface area contributed by atoms with Crippen LogP contribution in [0.1, 0.15) is 24.0 Å². The van der Waals surface area contributed by atoms with Gasteiger partial charge in [-0.25, -0.2) is 13.6 Å². The number of primary sulfonamides is 1. The van der Waals surface area contributed by atoms with Gasteiger partial charge in [0, 0.05) is 23.0 Å². The number of aliphatic hydroxyl groups excluding tert-OH is 1. The topological polar surface area (TPSA) is 92.9 Å². The average Bonchev–Trinajstić information content (AvgIpc) is 3.09. The quantitative estimate of drug-likeness (QED) is 0.666. The minimum atomic E-state index is -3.81. The van der Waals surface area contributed by atoms with Gasteiger partial charge in [-0.1, -0.05) is 0 Å². The summed E-state index contributed by atoms with van der Waals surface area (Å²) < 4.78 is 29.7. The molecule has 28 heavy (non-hydrogen) atoms. The van der Waals surface area contributed by atoms with Crippen LogP contribution in [0.25, 0.3) is 0 Å². The first kappa shape index (κ1) is 21.1. The highest BCUT2D eigenvalue weighted by atomic mass is 32.2. The Morgan fingerprint density at radius 3 is 2.71 bits per heavy atom. The van der Waals surface area contributed by atoms with Crippen molar-refractivity contribution in [3.63, 3.8) is 0 Å². The number of nitrogens with two attached hydrogens (primary N) is 1. The first-order valence-electron chi connectivity index (χ1n) is 9.15. The number of hydrogen-bond donors (Lipinski definition) is 2. The van der Waals surface area contributed by atoms with Gasteiger partial charge in [0.25, 0.3) is 0 Å². The van der Waals surface area contributed by atoms with Gasteiger partial charge in [0.05, 0.1) is 11.5 Å². The molecule has 3 rings (SSSR count). The molecule has 1 fully saturated rings. The van der Waals surface area contributed by atoms with E-state index in [1.807, 2.05) is 31.4 Å². The van der Waals surface area contributed by atoms with Crippen molar-refractivity contribution in [3.05, 3.63) is 47.5 Å². The Balaban J connectivity index is 1.94. The molecule has 0 aliphatic carbocycles. The Morgan fingerprint density at radius 1 is 1.29 bits per heavy atom. The van der Waals surface area contributed by atoms with E-state index < -0.39 is 10.0 Å². The molecule has 2 aromatic rings. The summed E-state index contributed by atoms with van der Waals surface area (Å²) in [6.07, 6.45) is 3.96. The Labute approximate surface area is 170 Å². The van der Waals surface area contributed by atoms with Gasteiger partial charge in [-0.2, -0.15) is 0 Å². The minimum absolute atomic E-state index is 0.0588. The highest BCUT2D eigenvalue weighted by Crippen LogP contribution is 2.32. The monoisotopic (exact) mass is 422 g/mol. The third-order valence-electron chi connectivity index (χ3n) is 5.04. The van der Waals surface area contributed by atoms with Crippen LogP contribution in [0.4, 0.5) is 0 Å². The van der Waals surface area contributed by atoms with Crippen molar-refractivity contribution in [2.75, 3.05) is 19.4 Å². The maximum atomic E-state index is 11.8. The van der Waals surface area contributed by atoms with Crippen molar-refractivity contribution in [3.8, 4) is 11.5 Å². The van der Waals surface area contributed by atoms with Crippen LogP contribution in [-0.4, -0.2) is 43.9 Å². The maximum absolute atomic E-state index is 11.8. The molecule has 1 heterocycles. The molecule has 0 bridgehead atoms. The molecular formula is C20H26N2O4S2. The third-order valence-corrected chi connectivity index (χ3v) is 6.85. The van der Waals surface area contributed by atoms with Crippen molar-refractivity contribution >= 4 is 21.8 Å². The predicted octanol–water partition coefficient (Wildman–Crippen LogP) is 3.11. The number of ether oxygens (including phenoxy) is 1. The van der Waals surface area contributed by atoms with E-state index in [0.717, 1.165) is 30.5 Å². The first-order valence-corrected chi connectivity index (χ1v) is 11.9. The third kappa shape index (κ3) is 4.87. The summed E-state index contributed by atoms with van der Waals surface area (Å²) in [6.45, 7) is 3.46. The highest BCUT2D eigenvalue weighted by molar-refractivity contribution is 7.98. The van der Waals surface area contributed by atoms with Crippen LogP contribution >= 0.6 is 11.8 Å². The summed E-state index contributed by atoms with van der Waals surface area (Å²) in [5, 5.41) is 14.9. The molecule has 3 N–H and O–H groups in total. The molecule has 0 radical (unpaired) electrons. The van der Waals surface area contributed by atoms with Gasteiger partial charge in [-0.3, -0.25) is 4.90 Å². The van der Waals surface area contributed by atoms with E-state index in [1.165, 1.54) is 11.0 Å². The summed E-state index contributed by atoms with van der Waals surface area (Å²) in [7, 11) is -3.81. The molecule has 0 spiro atoms. The van der Waals surface area contributed by atoms with Gasteiger partial charge in [0.1, 0.15) is 11.5 Å². The Kier molecular flexibility index (Phi) is 6.67. The SMILES string of the molecule is CSc1ccc(Oc2ccc(S(N)(=O)=O)cc2CN2CCC[C@H]2CO)cc1C. The van der Waals surface area contributed by atoms with Crippen LogP contribution in [0.5, 0.6) is 11.5 Å². The number of aryl methyl sites for hydroxylation is 1. The highest BCUT2D eigenvalue weighted by Gasteiger charge is 2.25. The van der Waals surface area contributed by atoms with Gasteiger partial charge in [-0.15, -0.1) is 11.8 Å². The van der Waals surface area contributed by atoms with Crippen LogP contribution in [-0.2, 0) is 16.6 Å². The number of aliphatic hydroxyl groups is 1. The van der Waals surface area contributed by atoms with E-state index >= 15 is 0 Å². The second kappa shape index (κ2) is 8.84. The lowest BCUT2D eigenvalue weighted by molar-refractivity contribution is 0.153. The molecule has 0 aromatic heterocycles. The summed E-state index contributed by atoms with van der Waals surface area (Å²) in [4.78, 5) is 3.39. The molecule has 0 saturated carbocycles. The normalized spacial score (nSPS) is 17.8. The average molecular weight is 423 g/mol. The minimum Gasteiger partial charge on any atom is -0.457 e. The summed E-state index contributed by atoms with van der Waals surface area (Å²) in [5.41, 5.74) is 1.85. The number of sulfonamides is 1. The Bertz CT molecular complexity index is 947. The number of likely N-dealkylation sites (tertiary alicyclic amines) is 1. The molecule has 1 atom stereocenters. The van der Waals surface area contributed by atoms with Crippen molar-refractivity contribution < 1.29 is 18.3 Å². The van der Waals surface area contributed by atoms with Crippen molar-refractivity contribution in [2.45, 2.75) is 42.1 Å². The van der Waals surface area contributed by atoms with E-state index in [2.05, 4.69) is 4.90 Å². The summed E-state index contributed by atoms with van der Waals surface area (Å²) in [6, 6.07) is 10.6. The van der Waals surface area contributed by atoms with Crippen molar-refractivity contribution in [1.29, 1.82) is 0 Å². The maximum Gasteiger partial charge on any atom is 0.238 e. The fraction of sp³-hybridized carbons (Fsp3) is 0.400. The molecule has 152 valence electrons. The van der Waals surface area contributed by atoms with Gasteiger partial charge in [0.15, 0.2) is 0 Å². The molecular weight excluding hydrogens is 396 g/mol. The van der Waals surface area contributed by atoms with Gasteiger partial charge >= 0.3 is 0 Å². The van der Waals surface area contributed by atoms with E-state index in [1.54, 1.807) is 23.9 Å². The number of rotatable bonds is 7. The number of nitrogens with zero attached hydrogens (tertiary/aromatic N) is 1. The lowest BCUT2D eigenvalue weighted by Crippen LogP contribution is -2.31. The zero-order valence-corrected chi connectivity index (χ0v) is 17.7. The van der Waals surface area contributed by atoms with Crippen LogP contribution in [0.3, 0.4) is 0 Å². The van der Waals surface area contributed by atoms with Crippen LogP contribution < -0.4 is 9.88 Å². The molecule has 1 aliphatic rings. The van der Waals surface area contributed by atoms with Gasteiger partial charge < -0.3 is 9.84 Å². The van der Waals surface area contributed by atoms with Crippen LogP contribution in [0.15, 0.2) is 46.2 Å². The van der Waals surface area contributed by atoms with Crippen molar-refractivity contribution in [2.24, 2.45) is 5.14 Å². The van der Waals surface area contributed by atoms with Gasteiger partial charge in [0.2, 0.25) is 10.0 Å². The zero-order chi connectivity index (χ0) is 20.3. The second-order valence-corrected chi connectivity index (χ2v) is 9.41. The molecule has 0 amide bonds. The molecule has 6 nitrogen and oxygen atoms in total. The molecule has 0 unspecified atom stereocenters. The molecule has 1 aliphatic heterocycles. The standard InChI is InChI=1S/C20H26N2O4S2/c1-14-10-17(5-8-20(14)27-2)26-19-7-6-18(28(21,24)25)11-15(19)12-22-9-3-4-16(22)13-23/h5-8,10-11,16,23H,3-4,9,12-13H2,1-2H3,(H2,21,24,25)/t16-/m0/s1. The Hall–Kier alpha value is -1.58. The van der Waals surface area contributed by atoms with Gasteiger partial charge in [-0.05, 0) is 74.5 Å². The van der Waals surface area contributed by atoms with Crippen LogP contribution in [0, 0.1) is 6.92 Å². The summed E-state index contributed by atoms with van der Waals surface area (Å²) in [5.74, 6) is 1.28. The van der Waals surface area contributed by atoms with Crippen molar-refractivity contribution in [1.82, 2.24) is 4.90 Å². The molecule has 1 saturated heterocycles. The zero-order valence-electron chi connectivity index (χ0n) is 16.1. The number of hydrogen-bond acceptors (Lipinski definition) is 6. The second-order valence-electron chi connectivity index (χ2n) is 7.00. The Morgan fingerprint density at radius 2 is 2.07 bits per heavy atom. The fourth-order valence-electron chi connectivity index (χ4n) is 3.53. The number of thioether (sulfide) groups is 1. The summed E-state index contributed by atoms with van der Waals surface area (Å²) >= 11 is 1.68. The predicted molar refractivity (Wildman–Crippen MR) is 111 cm³/mol. The largest absolute Gasteiger partial charge is 0.457 e. The van der Waals surface area contributed by atoms with E-state index in [-0.39, 0.29) is 17.5 Å². The molecule has 2 aromatic carbocycles. The lowest BCUT2D eigenvalue weighted by atomic mass is 10.1.